The maximum atomic E-state index is 2.34. The fourth-order valence-electron chi connectivity index (χ4n) is 2.55. The molecule has 2 aromatic rings. The summed E-state index contributed by atoms with van der Waals surface area (Å²) in [5, 5.41) is 1.61. The normalized spacial score (nSPS) is 16.6. The van der Waals surface area contributed by atoms with Crippen molar-refractivity contribution in [3.05, 3.63) is 60.2 Å². The van der Waals surface area contributed by atoms with Crippen LogP contribution in [0.4, 0.5) is 0 Å². The van der Waals surface area contributed by atoms with Crippen LogP contribution in [0.5, 0.6) is 0 Å². The van der Waals surface area contributed by atoms with Crippen LogP contribution in [0, 0.1) is 0 Å². The molecule has 0 bridgehead atoms. The van der Waals surface area contributed by atoms with Gasteiger partial charge in [-0.3, -0.25) is 0 Å². The van der Waals surface area contributed by atoms with E-state index in [1.807, 2.05) is 30.3 Å². The third kappa shape index (κ3) is 6.35. The first kappa shape index (κ1) is 17.6. The molecule has 0 aromatic heterocycles. The van der Waals surface area contributed by atoms with E-state index in [0.29, 0.717) is 5.25 Å². The van der Waals surface area contributed by atoms with E-state index in [0.717, 1.165) is 5.25 Å². The van der Waals surface area contributed by atoms with Crippen molar-refractivity contribution < 1.29 is 17.1 Å². The Bertz CT molecular complexity index is 381. The minimum Gasteiger partial charge on any atom is -0.214 e. The quantitative estimate of drug-likeness (QED) is 0.497. The summed E-state index contributed by atoms with van der Waals surface area (Å²) in [5.74, 6) is 0. The average molecular weight is 328 g/mol. The Balaban J connectivity index is 0.000000283. The summed E-state index contributed by atoms with van der Waals surface area (Å²) >= 11 is 2.18. The number of rotatable bonds is 3. The molecule has 1 aliphatic carbocycles. The van der Waals surface area contributed by atoms with Gasteiger partial charge in [-0.15, -0.1) is 0 Å². The molecule has 1 atom stereocenters. The second kappa shape index (κ2) is 10.3. The molecule has 3 rings (SSSR count). The van der Waals surface area contributed by atoms with Crippen LogP contribution in [0.1, 0.15) is 49.8 Å². The fourth-order valence-corrected chi connectivity index (χ4v) is 4.05. The van der Waals surface area contributed by atoms with Gasteiger partial charge in [-0.05, 0) is 12.8 Å². The standard InChI is InChI=1S/C13H19S.C5H5.Fe/c1-11(12-7-5-6-8-12)14-13-9-3-2-4-10-13;1-2-4-5-3-1;/h5-8,11,13H,2-4,9-10H2,1H3;1-5H;/q2*-1;+2. The van der Waals surface area contributed by atoms with Crippen LogP contribution in [0.15, 0.2) is 54.6 Å². The largest absolute Gasteiger partial charge is 2.00 e. The molecule has 1 fully saturated rings. The number of thioether (sulfide) groups is 1. The van der Waals surface area contributed by atoms with Crippen LogP contribution in [-0.4, -0.2) is 5.25 Å². The van der Waals surface area contributed by atoms with E-state index < -0.39 is 0 Å². The van der Waals surface area contributed by atoms with E-state index in [1.165, 1.54) is 37.7 Å². The summed E-state index contributed by atoms with van der Waals surface area (Å²) in [6, 6.07) is 18.8. The summed E-state index contributed by atoms with van der Waals surface area (Å²) in [6.07, 6.45) is 7.24. The van der Waals surface area contributed by atoms with Crippen LogP contribution >= 0.6 is 11.8 Å². The summed E-state index contributed by atoms with van der Waals surface area (Å²) in [6.45, 7) is 2.34. The molecule has 0 N–H and O–H groups in total. The van der Waals surface area contributed by atoms with E-state index >= 15 is 0 Å². The average Bonchev–Trinajstić information content (AvgIpc) is 3.16. The number of hydrogen-bond acceptors (Lipinski definition) is 1. The van der Waals surface area contributed by atoms with Crippen LogP contribution < -0.4 is 0 Å². The Kier molecular flexibility index (Phi) is 9.09. The van der Waals surface area contributed by atoms with Gasteiger partial charge in [0, 0.05) is 10.5 Å². The molecule has 20 heavy (non-hydrogen) atoms. The minimum atomic E-state index is 0. The molecule has 1 aliphatic rings. The topological polar surface area (TPSA) is 0 Å². The molecule has 1 saturated carbocycles. The third-order valence-electron chi connectivity index (χ3n) is 3.66. The predicted octanol–water partition coefficient (Wildman–Crippen LogP) is 5.94. The Hall–Kier alpha value is -0.431. The molecule has 110 valence electrons. The molecular formula is C18H24FeS. The molecule has 0 aliphatic heterocycles. The molecule has 2 heteroatoms. The minimum absolute atomic E-state index is 0. The van der Waals surface area contributed by atoms with Crippen molar-refractivity contribution in [2.75, 3.05) is 0 Å². The second-order valence-electron chi connectivity index (χ2n) is 5.22. The second-order valence-corrected chi connectivity index (χ2v) is 6.86. The van der Waals surface area contributed by atoms with Crippen molar-refractivity contribution in [1.29, 1.82) is 0 Å². The van der Waals surface area contributed by atoms with Gasteiger partial charge in [-0.25, -0.2) is 24.3 Å². The Morgan fingerprint density at radius 1 is 1.05 bits per heavy atom. The van der Waals surface area contributed by atoms with Gasteiger partial charge in [-0.1, -0.05) is 26.2 Å². The van der Waals surface area contributed by atoms with Gasteiger partial charge >= 0.3 is 17.1 Å². The van der Waals surface area contributed by atoms with Gasteiger partial charge < -0.3 is 0 Å². The van der Waals surface area contributed by atoms with Gasteiger partial charge in [0.1, 0.15) is 0 Å². The summed E-state index contributed by atoms with van der Waals surface area (Å²) in [5.41, 5.74) is 1.50. The Labute approximate surface area is 138 Å². The first-order valence-corrected chi connectivity index (χ1v) is 8.34. The molecule has 2 aromatic carbocycles. The van der Waals surface area contributed by atoms with E-state index in [2.05, 4.69) is 43.0 Å². The molecule has 1 unspecified atom stereocenters. The van der Waals surface area contributed by atoms with Crippen molar-refractivity contribution in [2.24, 2.45) is 0 Å². The molecular weight excluding hydrogens is 304 g/mol. The molecule has 0 amide bonds. The van der Waals surface area contributed by atoms with Crippen molar-refractivity contribution in [3.8, 4) is 0 Å². The number of hydrogen-bond donors (Lipinski definition) is 0. The van der Waals surface area contributed by atoms with E-state index in [-0.39, 0.29) is 17.1 Å². The van der Waals surface area contributed by atoms with Gasteiger partial charge in [-0.2, -0.15) is 47.7 Å². The molecule has 0 nitrogen and oxygen atoms in total. The fraction of sp³-hybridized carbons (Fsp3) is 0.444. The zero-order chi connectivity index (χ0) is 13.3. The van der Waals surface area contributed by atoms with Gasteiger partial charge in [0.25, 0.3) is 0 Å². The molecule has 0 heterocycles. The van der Waals surface area contributed by atoms with Crippen LogP contribution in [0.3, 0.4) is 0 Å². The van der Waals surface area contributed by atoms with E-state index in [9.17, 15) is 0 Å². The van der Waals surface area contributed by atoms with E-state index in [1.54, 1.807) is 0 Å². The van der Waals surface area contributed by atoms with Gasteiger partial charge in [0.15, 0.2) is 0 Å². The monoisotopic (exact) mass is 328 g/mol. The van der Waals surface area contributed by atoms with Gasteiger partial charge in [0.2, 0.25) is 0 Å². The smallest absolute Gasteiger partial charge is 0.214 e. The van der Waals surface area contributed by atoms with Crippen LogP contribution in [-0.2, 0) is 17.1 Å². The maximum Gasteiger partial charge on any atom is 2.00 e. The first-order valence-electron chi connectivity index (χ1n) is 7.40. The Morgan fingerprint density at radius 3 is 2.25 bits per heavy atom. The van der Waals surface area contributed by atoms with Crippen molar-refractivity contribution in [2.45, 2.75) is 49.5 Å². The Morgan fingerprint density at radius 2 is 1.75 bits per heavy atom. The van der Waals surface area contributed by atoms with Crippen molar-refractivity contribution in [3.63, 3.8) is 0 Å². The summed E-state index contributed by atoms with van der Waals surface area (Å²) in [4.78, 5) is 0. The third-order valence-corrected chi connectivity index (χ3v) is 5.20. The zero-order valence-corrected chi connectivity index (χ0v) is 14.1. The molecule has 0 radical (unpaired) electrons. The van der Waals surface area contributed by atoms with Crippen molar-refractivity contribution >= 4 is 11.8 Å². The first-order chi connectivity index (χ1) is 9.36. The SMILES string of the molecule is CC(SC1CCCCC1)c1ccc[cH-]1.[Fe+2].c1cc[cH-]c1. The molecule has 0 spiro atoms. The maximum absolute atomic E-state index is 2.34. The summed E-state index contributed by atoms with van der Waals surface area (Å²) in [7, 11) is 0. The van der Waals surface area contributed by atoms with Crippen LogP contribution in [0.25, 0.3) is 0 Å². The van der Waals surface area contributed by atoms with Gasteiger partial charge in [0.05, 0.1) is 0 Å². The zero-order valence-electron chi connectivity index (χ0n) is 12.1. The summed E-state index contributed by atoms with van der Waals surface area (Å²) < 4.78 is 0. The molecule has 0 saturated heterocycles. The van der Waals surface area contributed by atoms with Crippen molar-refractivity contribution in [1.82, 2.24) is 0 Å². The predicted molar refractivity (Wildman–Crippen MR) is 86.9 cm³/mol. The van der Waals surface area contributed by atoms with E-state index in [4.69, 9.17) is 0 Å². The van der Waals surface area contributed by atoms with Crippen LogP contribution in [0.2, 0.25) is 0 Å².